The first-order chi connectivity index (χ1) is 16.2. The highest BCUT2D eigenvalue weighted by molar-refractivity contribution is 8.03. The SMILES string of the molecule is C=CCOC(=O)N1C[C@@H](SC2=C(C(=O)O)N3C(=O)[C@H]([C@@H](C)O)[C@H]3[C@H]2C)C[C@H]1Cc1cncnc1. The van der Waals surface area contributed by atoms with Gasteiger partial charge >= 0.3 is 12.1 Å². The van der Waals surface area contributed by atoms with Crippen LogP contribution in [0.25, 0.3) is 0 Å². The second-order valence-corrected chi connectivity index (χ2v) is 10.2. The van der Waals surface area contributed by atoms with Crippen molar-refractivity contribution < 1.29 is 29.3 Å². The maximum absolute atomic E-state index is 12.7. The maximum Gasteiger partial charge on any atom is 0.410 e. The largest absolute Gasteiger partial charge is 0.477 e. The first kappa shape index (κ1) is 24.2. The number of carbonyl (C=O) groups is 3. The highest BCUT2D eigenvalue weighted by Crippen LogP contribution is 2.52. The number of β-lactam (4-membered cyclic amide) rings is 1. The number of hydrogen-bond donors (Lipinski definition) is 2. The Morgan fingerprint density at radius 2 is 2.09 bits per heavy atom. The fourth-order valence-electron chi connectivity index (χ4n) is 5.16. The summed E-state index contributed by atoms with van der Waals surface area (Å²) in [5, 5.41) is 19.9. The Morgan fingerprint density at radius 3 is 2.71 bits per heavy atom. The third-order valence-corrected chi connectivity index (χ3v) is 8.12. The van der Waals surface area contributed by atoms with Crippen LogP contribution in [0.1, 0.15) is 25.8 Å². The molecule has 1 aromatic rings. The van der Waals surface area contributed by atoms with Crippen LogP contribution in [0.4, 0.5) is 4.79 Å². The van der Waals surface area contributed by atoms with Crippen LogP contribution in [0.5, 0.6) is 0 Å². The van der Waals surface area contributed by atoms with Crippen molar-refractivity contribution in [2.24, 2.45) is 11.8 Å². The summed E-state index contributed by atoms with van der Waals surface area (Å²) in [6.07, 6.45) is 6.21. The minimum atomic E-state index is -1.16. The van der Waals surface area contributed by atoms with E-state index in [4.69, 9.17) is 4.74 Å². The van der Waals surface area contributed by atoms with Gasteiger partial charge in [-0.3, -0.25) is 4.79 Å². The molecule has 1 aromatic heterocycles. The van der Waals surface area contributed by atoms with E-state index in [1.165, 1.54) is 29.1 Å². The van der Waals surface area contributed by atoms with Crippen molar-refractivity contribution in [1.29, 1.82) is 0 Å². The number of aliphatic hydroxyl groups excluding tert-OH is 1. The average Bonchev–Trinajstić information content (AvgIpc) is 3.29. The summed E-state index contributed by atoms with van der Waals surface area (Å²) in [6, 6.07) is -0.538. The average molecular weight is 489 g/mol. The second kappa shape index (κ2) is 9.75. The number of amides is 2. The van der Waals surface area contributed by atoms with Crippen LogP contribution in [-0.2, 0) is 20.7 Å². The molecule has 2 fully saturated rings. The molecule has 4 heterocycles. The molecule has 2 saturated heterocycles. The number of fused-ring (bicyclic) bond motifs is 1. The molecule has 6 atom stereocenters. The van der Waals surface area contributed by atoms with E-state index in [0.717, 1.165) is 5.56 Å². The summed E-state index contributed by atoms with van der Waals surface area (Å²) >= 11 is 1.40. The molecule has 3 aliphatic rings. The molecule has 0 aromatic carbocycles. The summed E-state index contributed by atoms with van der Waals surface area (Å²) in [5.74, 6) is -2.35. The van der Waals surface area contributed by atoms with Gasteiger partial charge in [-0.2, -0.15) is 0 Å². The van der Waals surface area contributed by atoms with Gasteiger partial charge in [0, 0.05) is 41.1 Å². The number of carbonyl (C=O) groups excluding carboxylic acids is 2. The molecule has 0 aliphatic carbocycles. The Morgan fingerprint density at radius 1 is 1.38 bits per heavy atom. The highest BCUT2D eigenvalue weighted by atomic mass is 32.2. The lowest BCUT2D eigenvalue weighted by atomic mass is 9.79. The monoisotopic (exact) mass is 488 g/mol. The Kier molecular flexibility index (Phi) is 6.94. The molecule has 4 rings (SSSR count). The Balaban J connectivity index is 1.55. The Bertz CT molecular complexity index is 1020. The van der Waals surface area contributed by atoms with E-state index in [1.807, 2.05) is 6.92 Å². The number of nitrogens with zero attached hydrogens (tertiary/aromatic N) is 4. The predicted molar refractivity (Wildman–Crippen MR) is 123 cm³/mol. The highest BCUT2D eigenvalue weighted by Gasteiger charge is 2.60. The predicted octanol–water partition coefficient (Wildman–Crippen LogP) is 1.67. The van der Waals surface area contributed by atoms with Crippen molar-refractivity contribution in [3.8, 4) is 0 Å². The minimum Gasteiger partial charge on any atom is -0.477 e. The number of aliphatic hydroxyl groups is 1. The standard InChI is InChI=1S/C23H28N4O6S/c1-4-5-33-23(32)26-10-16(7-15(26)6-14-8-24-11-25-9-14)34-20-12(2)18-17(13(3)28)21(29)27(18)19(20)22(30)31/h4,8-9,11-13,15-18,28H,1,5-7,10H2,2-3H3,(H,30,31)/t12-,13-,15-,16+,17-,18-/m1/s1. The van der Waals surface area contributed by atoms with Gasteiger partial charge in [-0.1, -0.05) is 19.6 Å². The van der Waals surface area contributed by atoms with Crippen LogP contribution in [0.3, 0.4) is 0 Å². The van der Waals surface area contributed by atoms with Gasteiger partial charge < -0.3 is 24.7 Å². The third kappa shape index (κ3) is 4.29. The number of aromatic nitrogens is 2. The molecular formula is C23H28N4O6S. The van der Waals surface area contributed by atoms with E-state index < -0.39 is 24.1 Å². The van der Waals surface area contributed by atoms with Gasteiger partial charge in [-0.15, -0.1) is 11.8 Å². The van der Waals surface area contributed by atoms with Crippen molar-refractivity contribution in [1.82, 2.24) is 19.8 Å². The molecule has 0 radical (unpaired) electrons. The third-order valence-electron chi connectivity index (χ3n) is 6.63. The van der Waals surface area contributed by atoms with Gasteiger partial charge in [0.1, 0.15) is 18.6 Å². The van der Waals surface area contributed by atoms with Crippen molar-refractivity contribution in [3.63, 3.8) is 0 Å². The number of thioether (sulfide) groups is 1. The van der Waals surface area contributed by atoms with E-state index in [9.17, 15) is 24.6 Å². The first-order valence-electron chi connectivity index (χ1n) is 11.2. The molecule has 2 amide bonds. The molecule has 10 nitrogen and oxygen atoms in total. The Hall–Kier alpha value is -2.92. The van der Waals surface area contributed by atoms with Crippen molar-refractivity contribution in [2.75, 3.05) is 13.2 Å². The van der Waals surface area contributed by atoms with Crippen LogP contribution >= 0.6 is 11.8 Å². The summed E-state index contributed by atoms with van der Waals surface area (Å²) in [7, 11) is 0. The number of rotatable bonds is 8. The molecule has 2 N–H and O–H groups in total. The topological polar surface area (TPSA) is 133 Å². The van der Waals surface area contributed by atoms with Crippen LogP contribution in [0.2, 0.25) is 0 Å². The van der Waals surface area contributed by atoms with Gasteiger partial charge in [0.15, 0.2) is 0 Å². The van der Waals surface area contributed by atoms with Crippen molar-refractivity contribution in [2.45, 2.75) is 50.1 Å². The second-order valence-electron chi connectivity index (χ2n) is 8.87. The van der Waals surface area contributed by atoms with Gasteiger partial charge in [0.2, 0.25) is 5.91 Å². The fraction of sp³-hybridized carbons (Fsp3) is 0.522. The van der Waals surface area contributed by atoms with E-state index in [2.05, 4.69) is 16.5 Å². The molecule has 182 valence electrons. The normalized spacial score (nSPS) is 29.0. The molecule has 34 heavy (non-hydrogen) atoms. The quantitative estimate of drug-likeness (QED) is 0.414. The molecule has 11 heteroatoms. The number of hydrogen-bond acceptors (Lipinski definition) is 8. The molecule has 0 saturated carbocycles. The molecule has 3 aliphatic heterocycles. The van der Waals surface area contributed by atoms with Crippen LogP contribution in [-0.4, -0.2) is 84.5 Å². The summed E-state index contributed by atoms with van der Waals surface area (Å²) in [4.78, 5) is 49.1. The lowest BCUT2D eigenvalue weighted by Crippen LogP contribution is -2.63. The minimum absolute atomic E-state index is 0.00917. The van der Waals surface area contributed by atoms with Crippen LogP contribution in [0.15, 0.2) is 42.0 Å². The molecule has 0 spiro atoms. The van der Waals surface area contributed by atoms with Crippen molar-refractivity contribution in [3.05, 3.63) is 47.5 Å². The first-order valence-corrected chi connectivity index (χ1v) is 12.1. The number of carboxylic acids is 1. The van der Waals surface area contributed by atoms with Gasteiger partial charge in [0.25, 0.3) is 0 Å². The molecular weight excluding hydrogens is 460 g/mol. The van der Waals surface area contributed by atoms with E-state index in [1.54, 1.807) is 24.2 Å². The fourth-order valence-corrected chi connectivity index (χ4v) is 6.72. The summed E-state index contributed by atoms with van der Waals surface area (Å²) < 4.78 is 5.28. The number of aliphatic carboxylic acids is 1. The van der Waals surface area contributed by atoms with Crippen LogP contribution in [0, 0.1) is 11.8 Å². The van der Waals surface area contributed by atoms with Gasteiger partial charge in [0.05, 0.1) is 18.1 Å². The summed E-state index contributed by atoms with van der Waals surface area (Å²) in [5.41, 5.74) is 0.874. The van der Waals surface area contributed by atoms with Crippen molar-refractivity contribution >= 4 is 29.7 Å². The lowest BCUT2D eigenvalue weighted by Gasteiger charge is -2.46. The van der Waals surface area contributed by atoms with E-state index in [0.29, 0.717) is 24.3 Å². The van der Waals surface area contributed by atoms with Crippen LogP contribution < -0.4 is 0 Å². The number of likely N-dealkylation sites (tertiary alicyclic amines) is 1. The van der Waals surface area contributed by atoms with E-state index in [-0.39, 0.29) is 41.5 Å². The van der Waals surface area contributed by atoms with Gasteiger partial charge in [-0.05, 0) is 25.3 Å². The maximum atomic E-state index is 12.7. The Labute approximate surface area is 201 Å². The van der Waals surface area contributed by atoms with Gasteiger partial charge in [-0.25, -0.2) is 19.6 Å². The number of carboxylic acid groups (broad SMARTS) is 1. The summed E-state index contributed by atoms with van der Waals surface area (Å²) in [6.45, 7) is 7.50. The smallest absolute Gasteiger partial charge is 0.410 e. The zero-order chi connectivity index (χ0) is 24.6. The number of ether oxygens (including phenoxy) is 1. The zero-order valence-electron chi connectivity index (χ0n) is 19.0. The lowest BCUT2D eigenvalue weighted by molar-refractivity contribution is -0.163. The zero-order valence-corrected chi connectivity index (χ0v) is 19.9. The molecule has 0 bridgehead atoms. The van der Waals surface area contributed by atoms with E-state index >= 15 is 0 Å². The molecule has 0 unspecified atom stereocenters.